The average Bonchev–Trinajstić information content (AvgIpc) is 3.31. The predicted molar refractivity (Wildman–Crippen MR) is 143 cm³/mol. The minimum Gasteiger partial charge on any atom is -1.00 e. The number of likely N-dealkylation sites (tertiary alicyclic amines) is 1. The van der Waals surface area contributed by atoms with Crippen LogP contribution in [0.2, 0.25) is 0 Å². The van der Waals surface area contributed by atoms with Crippen molar-refractivity contribution in [3.8, 4) is 11.8 Å². The van der Waals surface area contributed by atoms with Crippen LogP contribution in [0.25, 0.3) is 0 Å². The molecule has 0 N–H and O–H groups in total. The molecule has 1 heterocycles. The first kappa shape index (κ1) is 26.0. The van der Waals surface area contributed by atoms with Crippen molar-refractivity contribution >= 4 is 0 Å². The topological polar surface area (TPSA) is 33.0 Å². The summed E-state index contributed by atoms with van der Waals surface area (Å²) >= 11 is 0. The molecule has 0 aromatic heterocycles. The number of nitrogens with zero attached hydrogens (tertiary/aromatic N) is 2. The number of benzene rings is 3. The Bertz CT molecular complexity index is 1190. The molecule has 1 saturated heterocycles. The van der Waals surface area contributed by atoms with Crippen molar-refractivity contribution in [1.29, 1.82) is 5.26 Å². The summed E-state index contributed by atoms with van der Waals surface area (Å²) < 4.78 is 7.23. The number of rotatable bonds is 9. The van der Waals surface area contributed by atoms with E-state index in [0.717, 1.165) is 48.4 Å². The number of ether oxygens (including phenoxy) is 1. The minimum atomic E-state index is -0.584. The molecule has 1 spiro atoms. The molecule has 0 bridgehead atoms. The first-order valence-electron chi connectivity index (χ1n) is 13.7. The van der Waals surface area contributed by atoms with Crippen LogP contribution in [0.4, 0.5) is 0 Å². The molecule has 0 amide bonds. The molecular formula is C33H37BrN2O. The van der Waals surface area contributed by atoms with Gasteiger partial charge >= 0.3 is 0 Å². The van der Waals surface area contributed by atoms with E-state index in [0.29, 0.717) is 11.3 Å². The van der Waals surface area contributed by atoms with Gasteiger partial charge in [0, 0.05) is 19.3 Å². The fourth-order valence-electron chi connectivity index (χ4n) is 8.46. The second kappa shape index (κ2) is 10.3. The van der Waals surface area contributed by atoms with Crippen LogP contribution in [0.15, 0.2) is 91.0 Å². The monoisotopic (exact) mass is 556 g/mol. The van der Waals surface area contributed by atoms with Crippen molar-refractivity contribution in [2.75, 3.05) is 20.2 Å². The predicted octanol–water partition coefficient (Wildman–Crippen LogP) is 3.75. The Morgan fingerprint density at radius 3 is 2.05 bits per heavy atom. The highest BCUT2D eigenvalue weighted by molar-refractivity contribution is 5.46. The van der Waals surface area contributed by atoms with Gasteiger partial charge in [-0.1, -0.05) is 78.9 Å². The first-order chi connectivity index (χ1) is 17.6. The van der Waals surface area contributed by atoms with E-state index in [9.17, 15) is 5.26 Å². The van der Waals surface area contributed by atoms with Crippen molar-refractivity contribution in [2.45, 2.75) is 56.0 Å². The van der Waals surface area contributed by atoms with Gasteiger partial charge in [0.05, 0.1) is 31.7 Å². The van der Waals surface area contributed by atoms with Gasteiger partial charge in [0.15, 0.2) is 0 Å². The summed E-state index contributed by atoms with van der Waals surface area (Å²) in [6.07, 6.45) is 7.29. The summed E-state index contributed by atoms with van der Waals surface area (Å²) in [5.41, 5.74) is 2.21. The van der Waals surface area contributed by atoms with Crippen LogP contribution >= 0.6 is 0 Å². The lowest BCUT2D eigenvalue weighted by Crippen LogP contribution is -3.00. The molecule has 3 aromatic rings. The second-order valence-corrected chi connectivity index (χ2v) is 11.6. The van der Waals surface area contributed by atoms with Gasteiger partial charge in [-0.25, -0.2) is 0 Å². The van der Waals surface area contributed by atoms with Crippen molar-refractivity contribution in [3.05, 3.63) is 102 Å². The second-order valence-electron chi connectivity index (χ2n) is 11.6. The van der Waals surface area contributed by atoms with Crippen LogP contribution in [0, 0.1) is 22.7 Å². The molecule has 6 rings (SSSR count). The maximum Gasteiger partial charge on any atom is 0.119 e. The van der Waals surface area contributed by atoms with E-state index in [1.54, 1.807) is 0 Å². The van der Waals surface area contributed by atoms with Crippen LogP contribution in [0.3, 0.4) is 0 Å². The molecule has 2 saturated carbocycles. The molecule has 3 unspecified atom stereocenters. The molecule has 5 atom stereocenters. The number of halogens is 1. The number of piperidine rings is 1. The SMILES string of the molecule is C[N+]1(CCCOc2ccccc2)[C@H]2CCC23CC(CC(C#N)(c2ccccc2)c2ccccc2)C[C@@H]31.[Br-]. The molecule has 1 aliphatic heterocycles. The number of hydrogen-bond donors (Lipinski definition) is 0. The Labute approximate surface area is 232 Å². The molecule has 3 aliphatic rings. The highest BCUT2D eigenvalue weighted by atomic mass is 79.9. The molecule has 3 nitrogen and oxygen atoms in total. The summed E-state index contributed by atoms with van der Waals surface area (Å²) in [6, 6.07) is 35.6. The average molecular weight is 558 g/mol. The molecular weight excluding hydrogens is 520 g/mol. The largest absolute Gasteiger partial charge is 1.00 e. The third kappa shape index (κ3) is 4.21. The Balaban J connectivity index is 0.00000280. The van der Waals surface area contributed by atoms with Crippen LogP contribution in [-0.2, 0) is 5.41 Å². The zero-order valence-electron chi connectivity index (χ0n) is 21.7. The summed E-state index contributed by atoms with van der Waals surface area (Å²) in [5.74, 6) is 1.55. The molecule has 37 heavy (non-hydrogen) atoms. The van der Waals surface area contributed by atoms with E-state index in [2.05, 4.69) is 73.8 Å². The molecule has 192 valence electrons. The smallest absolute Gasteiger partial charge is 0.119 e. The van der Waals surface area contributed by atoms with E-state index in [4.69, 9.17) is 4.74 Å². The van der Waals surface area contributed by atoms with E-state index in [1.807, 2.05) is 30.3 Å². The Morgan fingerprint density at radius 2 is 1.51 bits per heavy atom. The number of nitriles is 1. The molecule has 3 fully saturated rings. The molecule has 3 aromatic carbocycles. The first-order valence-corrected chi connectivity index (χ1v) is 13.7. The van der Waals surface area contributed by atoms with E-state index >= 15 is 0 Å². The van der Waals surface area contributed by atoms with Gasteiger partial charge in [0.2, 0.25) is 0 Å². The third-order valence-corrected chi connectivity index (χ3v) is 9.97. The molecule has 0 radical (unpaired) electrons. The summed E-state index contributed by atoms with van der Waals surface area (Å²) in [5, 5.41) is 10.7. The van der Waals surface area contributed by atoms with Crippen LogP contribution in [0.1, 0.15) is 49.7 Å². The lowest BCUT2D eigenvalue weighted by atomic mass is 9.51. The maximum absolute atomic E-state index is 10.7. The van der Waals surface area contributed by atoms with Crippen LogP contribution in [-0.4, -0.2) is 36.8 Å². The Hall–Kier alpha value is -2.61. The zero-order valence-corrected chi connectivity index (χ0v) is 23.3. The van der Waals surface area contributed by atoms with Gasteiger partial charge in [-0.2, -0.15) is 5.26 Å². The number of hydrogen-bond acceptors (Lipinski definition) is 2. The number of para-hydroxylation sites is 1. The van der Waals surface area contributed by atoms with Gasteiger partial charge in [0.25, 0.3) is 0 Å². The van der Waals surface area contributed by atoms with Gasteiger partial charge in [-0.15, -0.1) is 0 Å². The van der Waals surface area contributed by atoms with Crippen molar-refractivity contribution in [1.82, 2.24) is 0 Å². The lowest BCUT2D eigenvalue weighted by molar-refractivity contribution is -1.03. The number of quaternary nitrogens is 1. The van der Waals surface area contributed by atoms with E-state index in [-0.39, 0.29) is 17.0 Å². The Kier molecular flexibility index (Phi) is 7.22. The Morgan fingerprint density at radius 1 is 0.919 bits per heavy atom. The summed E-state index contributed by atoms with van der Waals surface area (Å²) in [7, 11) is 2.50. The van der Waals surface area contributed by atoms with Gasteiger partial charge in [-0.3, -0.25) is 0 Å². The fourth-order valence-corrected chi connectivity index (χ4v) is 8.46. The van der Waals surface area contributed by atoms with Gasteiger partial charge in [0.1, 0.15) is 23.2 Å². The molecule has 4 heteroatoms. The van der Waals surface area contributed by atoms with Crippen molar-refractivity contribution in [2.24, 2.45) is 11.3 Å². The quantitative estimate of drug-likeness (QED) is 0.297. The van der Waals surface area contributed by atoms with E-state index < -0.39 is 5.41 Å². The normalized spacial score (nSPS) is 29.5. The van der Waals surface area contributed by atoms with Crippen molar-refractivity contribution in [3.63, 3.8) is 0 Å². The van der Waals surface area contributed by atoms with Crippen molar-refractivity contribution < 1.29 is 26.2 Å². The standard InChI is InChI=1S/C33H37N2O.BrH/c1-35(20-11-21-36-29-16-9-4-10-17-29)30-18-19-32(30)23-26(22-31(32)35)24-33(25-34,27-12-5-2-6-13-27)28-14-7-3-8-15-28;/h2-10,12-17,26,30-31H,11,18-24H2,1H3;1H/q+1;/p-1/t26?,30-,31-,32?,35?;/m0./s1. The third-order valence-electron chi connectivity index (χ3n) is 9.97. The highest BCUT2D eigenvalue weighted by Crippen LogP contribution is 2.70. The van der Waals surface area contributed by atoms with E-state index in [1.165, 1.54) is 36.7 Å². The summed E-state index contributed by atoms with van der Waals surface area (Å²) in [6.45, 7) is 1.98. The highest BCUT2D eigenvalue weighted by Gasteiger charge is 2.77. The lowest BCUT2D eigenvalue weighted by Gasteiger charge is -2.71. The maximum atomic E-state index is 10.7. The van der Waals surface area contributed by atoms with Crippen LogP contribution in [0.5, 0.6) is 5.75 Å². The summed E-state index contributed by atoms with van der Waals surface area (Å²) in [4.78, 5) is 0. The van der Waals surface area contributed by atoms with Crippen LogP contribution < -0.4 is 21.7 Å². The minimum absolute atomic E-state index is 0. The zero-order chi connectivity index (χ0) is 24.6. The van der Waals surface area contributed by atoms with Gasteiger partial charge < -0.3 is 26.2 Å². The fraction of sp³-hybridized carbons (Fsp3) is 0.424. The van der Waals surface area contributed by atoms with Gasteiger partial charge in [-0.05, 0) is 48.4 Å². The molecule has 2 aliphatic carbocycles.